The predicted molar refractivity (Wildman–Crippen MR) is 54.0 cm³/mol. The predicted octanol–water partition coefficient (Wildman–Crippen LogP) is 0.0266. The first kappa shape index (κ1) is 11.4. The third-order valence-electron chi connectivity index (χ3n) is 3.58. The molecule has 0 saturated heterocycles. The molecule has 1 fully saturated rings. The molecule has 4 unspecified atom stereocenters. The molecule has 0 bridgehead atoms. The van der Waals surface area contributed by atoms with Crippen molar-refractivity contribution in [2.45, 2.75) is 19.1 Å². The van der Waals surface area contributed by atoms with Crippen LogP contribution in [-0.2, 0) is 14.3 Å². The van der Waals surface area contributed by atoms with Crippen molar-refractivity contribution in [3.63, 3.8) is 0 Å². The van der Waals surface area contributed by atoms with Gasteiger partial charge in [-0.15, -0.1) is 0 Å². The van der Waals surface area contributed by atoms with E-state index in [2.05, 4.69) is 4.74 Å². The minimum atomic E-state index is -0.932. The zero-order chi connectivity index (χ0) is 11.7. The first-order chi connectivity index (χ1) is 7.69. The molecule has 0 aromatic carbocycles. The maximum Gasteiger partial charge on any atom is 0.337 e. The fraction of sp³-hybridized carbons (Fsp3) is 0.727. The molecule has 1 saturated carbocycles. The summed E-state index contributed by atoms with van der Waals surface area (Å²) in [6.45, 7) is 0.00996. The summed E-state index contributed by atoms with van der Waals surface area (Å²) in [5, 5.41) is 18.9. The number of carbonyl (C=O) groups is 1. The zero-order valence-electron chi connectivity index (χ0n) is 9.13. The highest BCUT2D eigenvalue weighted by molar-refractivity contribution is 5.88. The second-order valence-corrected chi connectivity index (χ2v) is 4.30. The Morgan fingerprint density at radius 2 is 2.38 bits per heavy atom. The number of methoxy groups -OCH3 is 1. The minimum Gasteiger partial charge on any atom is -0.472 e. The minimum absolute atomic E-state index is 0.00615. The topological polar surface area (TPSA) is 76.0 Å². The van der Waals surface area contributed by atoms with E-state index in [1.807, 2.05) is 0 Å². The van der Waals surface area contributed by atoms with Gasteiger partial charge in [-0.25, -0.2) is 4.79 Å². The molecular weight excluding hydrogens is 212 g/mol. The smallest absolute Gasteiger partial charge is 0.337 e. The highest BCUT2D eigenvalue weighted by Gasteiger charge is 2.47. The van der Waals surface area contributed by atoms with Crippen LogP contribution in [0.1, 0.15) is 12.8 Å². The van der Waals surface area contributed by atoms with Crippen LogP contribution in [0.25, 0.3) is 0 Å². The van der Waals surface area contributed by atoms with E-state index >= 15 is 0 Å². The Morgan fingerprint density at radius 3 is 3.00 bits per heavy atom. The van der Waals surface area contributed by atoms with Crippen molar-refractivity contribution >= 4 is 5.97 Å². The number of hydrogen-bond donors (Lipinski definition) is 2. The molecule has 0 aromatic rings. The lowest BCUT2D eigenvalue weighted by atomic mass is 9.83. The van der Waals surface area contributed by atoms with E-state index < -0.39 is 12.3 Å². The Hall–Kier alpha value is -1.07. The molecule has 1 aliphatic heterocycles. The van der Waals surface area contributed by atoms with Gasteiger partial charge in [-0.1, -0.05) is 0 Å². The number of hydrogen-bond acceptors (Lipinski definition) is 5. The normalized spacial score (nSPS) is 37.3. The van der Waals surface area contributed by atoms with Crippen LogP contribution in [0.3, 0.4) is 0 Å². The summed E-state index contributed by atoms with van der Waals surface area (Å²) < 4.78 is 9.71. The van der Waals surface area contributed by atoms with E-state index in [9.17, 15) is 15.0 Å². The monoisotopic (exact) mass is 228 g/mol. The van der Waals surface area contributed by atoms with Gasteiger partial charge in [0.1, 0.15) is 0 Å². The van der Waals surface area contributed by atoms with Crippen molar-refractivity contribution in [3.8, 4) is 0 Å². The van der Waals surface area contributed by atoms with Crippen LogP contribution in [0.4, 0.5) is 0 Å². The van der Waals surface area contributed by atoms with Crippen LogP contribution >= 0.6 is 0 Å². The van der Waals surface area contributed by atoms with Crippen LogP contribution in [0, 0.1) is 17.8 Å². The molecule has 2 aliphatic rings. The van der Waals surface area contributed by atoms with E-state index in [1.54, 1.807) is 0 Å². The van der Waals surface area contributed by atoms with Crippen LogP contribution in [0.15, 0.2) is 11.8 Å². The van der Waals surface area contributed by atoms with E-state index in [1.165, 1.54) is 13.4 Å². The molecule has 5 heteroatoms. The van der Waals surface area contributed by atoms with Gasteiger partial charge in [0.15, 0.2) is 6.29 Å². The van der Waals surface area contributed by atoms with E-state index in [0.717, 1.165) is 12.8 Å². The lowest BCUT2D eigenvalue weighted by Crippen LogP contribution is -2.37. The van der Waals surface area contributed by atoms with E-state index in [0.29, 0.717) is 5.57 Å². The highest BCUT2D eigenvalue weighted by Crippen LogP contribution is 2.45. The molecule has 4 atom stereocenters. The summed E-state index contributed by atoms with van der Waals surface area (Å²) in [6.07, 6.45) is 1.92. The molecule has 0 radical (unpaired) electrons. The molecule has 2 rings (SSSR count). The van der Waals surface area contributed by atoms with Gasteiger partial charge in [-0.2, -0.15) is 0 Å². The Morgan fingerprint density at radius 1 is 1.62 bits per heavy atom. The van der Waals surface area contributed by atoms with Crippen molar-refractivity contribution in [2.24, 2.45) is 17.8 Å². The number of rotatable bonds is 2. The molecule has 0 spiro atoms. The fourth-order valence-electron chi connectivity index (χ4n) is 2.75. The van der Waals surface area contributed by atoms with Gasteiger partial charge in [-0.3, -0.25) is 0 Å². The average Bonchev–Trinajstić information content (AvgIpc) is 2.73. The van der Waals surface area contributed by atoms with Gasteiger partial charge in [0.2, 0.25) is 0 Å². The van der Waals surface area contributed by atoms with Crippen molar-refractivity contribution < 1.29 is 24.5 Å². The first-order valence-corrected chi connectivity index (χ1v) is 5.41. The molecular formula is C11H16O5. The summed E-state index contributed by atoms with van der Waals surface area (Å²) in [5.41, 5.74) is 0.466. The molecule has 0 amide bonds. The summed E-state index contributed by atoms with van der Waals surface area (Å²) >= 11 is 0. The molecule has 1 heterocycles. The summed E-state index contributed by atoms with van der Waals surface area (Å²) in [5.74, 6) is -0.689. The molecule has 0 aromatic heterocycles. The number of fused-ring (bicyclic) bond motifs is 1. The van der Waals surface area contributed by atoms with Gasteiger partial charge in [0.25, 0.3) is 0 Å². The van der Waals surface area contributed by atoms with Crippen LogP contribution < -0.4 is 0 Å². The first-order valence-electron chi connectivity index (χ1n) is 5.41. The Bertz CT molecular complexity index is 311. The number of ether oxygens (including phenoxy) is 2. The second kappa shape index (κ2) is 4.43. The van der Waals surface area contributed by atoms with Crippen LogP contribution in [0.5, 0.6) is 0 Å². The van der Waals surface area contributed by atoms with Crippen LogP contribution in [-0.4, -0.2) is 36.2 Å². The lowest BCUT2D eigenvalue weighted by Gasteiger charge is -2.32. The Kier molecular flexibility index (Phi) is 3.16. The standard InChI is InChI=1S/C11H16O5/c1-15-10(13)8-5-16-11(14)9-6(4-12)2-3-7(8)9/h5-7,9,11-12,14H,2-4H2,1H3. The Labute approximate surface area is 93.7 Å². The summed E-state index contributed by atoms with van der Waals surface area (Å²) in [6, 6.07) is 0. The van der Waals surface area contributed by atoms with Gasteiger partial charge in [0.05, 0.1) is 18.9 Å². The number of carbonyl (C=O) groups excluding carboxylic acids is 1. The average molecular weight is 228 g/mol. The lowest BCUT2D eigenvalue weighted by molar-refractivity contribution is -0.146. The summed E-state index contributed by atoms with van der Waals surface area (Å²) in [4.78, 5) is 11.5. The van der Waals surface area contributed by atoms with Crippen molar-refractivity contribution in [1.82, 2.24) is 0 Å². The van der Waals surface area contributed by atoms with Crippen molar-refractivity contribution in [3.05, 3.63) is 11.8 Å². The van der Waals surface area contributed by atoms with Gasteiger partial charge >= 0.3 is 5.97 Å². The SMILES string of the molecule is COC(=O)C1=COC(O)C2C(CO)CCC12. The molecule has 2 N–H and O–H groups in total. The van der Waals surface area contributed by atoms with Crippen LogP contribution in [0.2, 0.25) is 0 Å². The largest absolute Gasteiger partial charge is 0.472 e. The molecule has 90 valence electrons. The van der Waals surface area contributed by atoms with E-state index in [4.69, 9.17) is 4.74 Å². The number of aliphatic hydroxyl groups excluding tert-OH is 2. The van der Waals surface area contributed by atoms with E-state index in [-0.39, 0.29) is 24.4 Å². The fourth-order valence-corrected chi connectivity index (χ4v) is 2.75. The third kappa shape index (κ3) is 1.70. The third-order valence-corrected chi connectivity index (χ3v) is 3.58. The molecule has 16 heavy (non-hydrogen) atoms. The van der Waals surface area contributed by atoms with Crippen molar-refractivity contribution in [2.75, 3.05) is 13.7 Å². The highest BCUT2D eigenvalue weighted by atomic mass is 16.6. The number of aliphatic hydroxyl groups is 2. The van der Waals surface area contributed by atoms with Crippen molar-refractivity contribution in [1.29, 1.82) is 0 Å². The van der Waals surface area contributed by atoms with Gasteiger partial charge in [-0.05, 0) is 18.8 Å². The summed E-state index contributed by atoms with van der Waals surface area (Å²) in [7, 11) is 1.32. The quantitative estimate of drug-likeness (QED) is 0.652. The second-order valence-electron chi connectivity index (χ2n) is 4.30. The van der Waals surface area contributed by atoms with Gasteiger partial charge in [0, 0.05) is 18.4 Å². The Balaban J connectivity index is 2.23. The maximum absolute atomic E-state index is 11.5. The molecule has 1 aliphatic carbocycles. The maximum atomic E-state index is 11.5. The molecule has 5 nitrogen and oxygen atoms in total. The number of esters is 1. The van der Waals surface area contributed by atoms with Gasteiger partial charge < -0.3 is 19.7 Å². The zero-order valence-corrected chi connectivity index (χ0v) is 9.13.